The molecule has 0 saturated carbocycles. The van der Waals surface area contributed by atoms with Gasteiger partial charge in [-0.1, -0.05) is 17.2 Å². The van der Waals surface area contributed by atoms with Crippen molar-refractivity contribution in [2.45, 2.75) is 32.7 Å². The first-order valence-corrected chi connectivity index (χ1v) is 8.45. The first kappa shape index (κ1) is 21.4. The van der Waals surface area contributed by atoms with Crippen LogP contribution in [0.1, 0.15) is 27.8 Å². The van der Waals surface area contributed by atoms with Crippen molar-refractivity contribution in [2.24, 2.45) is 0 Å². The molecule has 30 heavy (non-hydrogen) atoms. The van der Waals surface area contributed by atoms with Crippen LogP contribution in [-0.2, 0) is 18.9 Å². The molecule has 1 aromatic heterocycles. The Labute approximate surface area is 165 Å². The molecule has 2 aromatic carbocycles. The van der Waals surface area contributed by atoms with E-state index in [0.717, 1.165) is 15.9 Å². The highest BCUT2D eigenvalue weighted by Crippen LogP contribution is 2.36. The van der Waals surface area contributed by atoms with Crippen LogP contribution in [-0.4, -0.2) is 19.8 Å². The molecule has 0 bridgehead atoms. The average Bonchev–Trinajstić information content (AvgIpc) is 2.98. The van der Waals surface area contributed by atoms with Crippen LogP contribution in [0.4, 0.5) is 32.0 Å². The fourth-order valence-electron chi connectivity index (χ4n) is 3.00. The van der Waals surface area contributed by atoms with E-state index in [1.54, 1.807) is 26.0 Å². The first-order valence-electron chi connectivity index (χ1n) is 8.45. The number of halogens is 6. The maximum absolute atomic E-state index is 13.1. The summed E-state index contributed by atoms with van der Waals surface area (Å²) in [5, 5.41) is 6.84. The summed E-state index contributed by atoms with van der Waals surface area (Å²) in [6, 6.07) is 4.21. The van der Waals surface area contributed by atoms with Crippen molar-refractivity contribution in [1.29, 1.82) is 0 Å². The van der Waals surface area contributed by atoms with Gasteiger partial charge in [0.15, 0.2) is 0 Å². The third-order valence-electron chi connectivity index (χ3n) is 4.44. The molecule has 0 unspecified atom stereocenters. The molecule has 3 rings (SSSR count). The number of benzene rings is 2. The molecule has 0 atom stereocenters. The van der Waals surface area contributed by atoms with Crippen LogP contribution >= 0.6 is 0 Å². The molecule has 12 heteroatoms. The minimum atomic E-state index is -5.05. The fraction of sp³-hybridized carbons (Fsp3) is 0.278. The molecule has 0 saturated heterocycles. The minimum absolute atomic E-state index is 0.0185. The summed E-state index contributed by atoms with van der Waals surface area (Å²) in [6.07, 6.45) is -10.1. The summed E-state index contributed by atoms with van der Waals surface area (Å²) >= 11 is 0. The lowest BCUT2D eigenvalue weighted by Gasteiger charge is -2.16. The average molecular weight is 431 g/mol. The summed E-state index contributed by atoms with van der Waals surface area (Å²) in [5.41, 5.74) is 3.57. The summed E-state index contributed by atoms with van der Waals surface area (Å²) in [4.78, 5) is 13.0. The van der Waals surface area contributed by atoms with Crippen LogP contribution in [0.25, 0.3) is 5.69 Å². The molecule has 3 aromatic rings. The van der Waals surface area contributed by atoms with Crippen LogP contribution < -0.4 is 11.4 Å². The Bertz CT molecular complexity index is 1100. The highest BCUT2D eigenvalue weighted by Gasteiger charge is 2.37. The van der Waals surface area contributed by atoms with Crippen LogP contribution in [0.5, 0.6) is 0 Å². The van der Waals surface area contributed by atoms with E-state index in [9.17, 15) is 31.1 Å². The van der Waals surface area contributed by atoms with Crippen molar-refractivity contribution < 1.29 is 26.3 Å². The molecule has 0 radical (unpaired) electrons. The minimum Gasteiger partial charge on any atom is -0.398 e. The quantitative estimate of drug-likeness (QED) is 0.507. The SMILES string of the molecule is Cc1cc(Cn2nnc(=O)n2-c2cc(C(F)(F)F)cc(C(F)(F)F)c2)cc(C)c1N. The van der Waals surface area contributed by atoms with E-state index in [-0.39, 0.29) is 12.6 Å². The maximum Gasteiger partial charge on any atom is 0.416 e. The van der Waals surface area contributed by atoms with Crippen LogP contribution in [0.3, 0.4) is 0 Å². The third kappa shape index (κ3) is 4.16. The molecule has 0 aliphatic heterocycles. The van der Waals surface area contributed by atoms with E-state index >= 15 is 0 Å². The van der Waals surface area contributed by atoms with Crippen molar-refractivity contribution >= 4 is 5.69 Å². The van der Waals surface area contributed by atoms with Gasteiger partial charge < -0.3 is 5.73 Å². The second-order valence-electron chi connectivity index (χ2n) is 6.72. The van der Waals surface area contributed by atoms with E-state index in [4.69, 9.17) is 5.73 Å². The second kappa shape index (κ2) is 7.18. The fourth-order valence-corrected chi connectivity index (χ4v) is 3.00. The normalized spacial score (nSPS) is 12.4. The van der Waals surface area contributed by atoms with Crippen molar-refractivity contribution in [3.8, 4) is 5.69 Å². The third-order valence-corrected chi connectivity index (χ3v) is 4.44. The van der Waals surface area contributed by atoms with Gasteiger partial charge in [-0.15, -0.1) is 0 Å². The summed E-state index contributed by atoms with van der Waals surface area (Å²) < 4.78 is 79.4. The standard InChI is InChI=1S/C18H15F6N5O/c1-9-3-11(4-10(2)15(9)25)8-28-27-26-16(30)29(28)14-6-12(17(19,20)21)5-13(7-14)18(22,23)24/h3-7H,8,25H2,1-2H3. The van der Waals surface area contributed by atoms with Crippen LogP contribution in [0, 0.1) is 13.8 Å². The Hall–Kier alpha value is -3.31. The molecule has 160 valence electrons. The van der Waals surface area contributed by atoms with Gasteiger partial charge in [0.25, 0.3) is 0 Å². The van der Waals surface area contributed by atoms with Crippen molar-refractivity contribution in [3.05, 3.63) is 68.6 Å². The van der Waals surface area contributed by atoms with Crippen LogP contribution in [0.15, 0.2) is 35.1 Å². The first-order chi connectivity index (χ1) is 13.8. The Balaban J connectivity index is 2.16. The summed E-state index contributed by atoms with van der Waals surface area (Å²) in [6.45, 7) is 3.35. The van der Waals surface area contributed by atoms with Crippen molar-refractivity contribution in [2.75, 3.05) is 5.73 Å². The van der Waals surface area contributed by atoms with E-state index in [0.29, 0.717) is 28.1 Å². The number of hydrogen-bond acceptors (Lipinski definition) is 4. The Morgan fingerprint density at radius 1 is 0.900 bits per heavy atom. The Kier molecular flexibility index (Phi) is 5.12. The molecule has 0 fully saturated rings. The largest absolute Gasteiger partial charge is 0.416 e. The van der Waals surface area contributed by atoms with Gasteiger partial charge in [-0.25, -0.2) is 4.79 Å². The molecule has 0 aliphatic rings. The topological polar surface area (TPSA) is 78.7 Å². The predicted molar refractivity (Wildman–Crippen MR) is 95.1 cm³/mol. The lowest BCUT2D eigenvalue weighted by atomic mass is 10.0. The van der Waals surface area contributed by atoms with Gasteiger partial charge in [0.05, 0.1) is 23.4 Å². The number of alkyl halides is 6. The molecule has 0 aliphatic carbocycles. The highest BCUT2D eigenvalue weighted by molar-refractivity contribution is 5.54. The van der Waals surface area contributed by atoms with E-state index in [1.165, 1.54) is 0 Å². The van der Waals surface area contributed by atoms with Gasteiger partial charge in [0, 0.05) is 5.69 Å². The highest BCUT2D eigenvalue weighted by atomic mass is 19.4. The van der Waals surface area contributed by atoms with Crippen molar-refractivity contribution in [1.82, 2.24) is 19.8 Å². The zero-order chi connectivity index (χ0) is 22.4. The number of rotatable bonds is 3. The monoisotopic (exact) mass is 431 g/mol. The summed E-state index contributed by atoms with van der Waals surface area (Å²) in [5.74, 6) is 0. The number of nitrogens with zero attached hydrogens (tertiary/aromatic N) is 4. The lowest BCUT2D eigenvalue weighted by molar-refractivity contribution is -0.143. The van der Waals surface area contributed by atoms with Crippen molar-refractivity contribution in [3.63, 3.8) is 0 Å². The number of hydrogen-bond donors (Lipinski definition) is 1. The second-order valence-corrected chi connectivity index (χ2v) is 6.72. The van der Waals surface area contributed by atoms with Gasteiger partial charge in [0.2, 0.25) is 0 Å². The zero-order valence-corrected chi connectivity index (χ0v) is 15.6. The smallest absolute Gasteiger partial charge is 0.398 e. The number of anilines is 1. The van der Waals surface area contributed by atoms with Gasteiger partial charge in [-0.2, -0.15) is 35.8 Å². The molecular weight excluding hydrogens is 416 g/mol. The van der Waals surface area contributed by atoms with Gasteiger partial charge >= 0.3 is 18.0 Å². The van der Waals surface area contributed by atoms with E-state index in [2.05, 4.69) is 10.3 Å². The lowest BCUT2D eigenvalue weighted by Crippen LogP contribution is -2.24. The van der Waals surface area contributed by atoms with Gasteiger partial charge in [-0.3, -0.25) is 0 Å². The Morgan fingerprint density at radius 3 is 1.87 bits per heavy atom. The molecule has 0 spiro atoms. The molecular formula is C18H15F6N5O. The zero-order valence-electron chi connectivity index (χ0n) is 15.6. The molecule has 0 amide bonds. The van der Waals surface area contributed by atoms with Crippen LogP contribution in [0.2, 0.25) is 0 Å². The maximum atomic E-state index is 13.1. The number of aromatic nitrogens is 4. The number of nitrogen functional groups attached to an aromatic ring is 1. The molecule has 6 nitrogen and oxygen atoms in total. The molecule has 2 N–H and O–H groups in total. The molecule has 1 heterocycles. The number of aryl methyl sites for hydroxylation is 2. The summed E-state index contributed by atoms with van der Waals surface area (Å²) in [7, 11) is 0. The van der Waals surface area contributed by atoms with E-state index in [1.807, 2.05) is 0 Å². The number of tetrazole rings is 1. The van der Waals surface area contributed by atoms with E-state index < -0.39 is 34.9 Å². The van der Waals surface area contributed by atoms with Gasteiger partial charge in [-0.05, 0) is 54.0 Å². The van der Waals surface area contributed by atoms with Gasteiger partial charge in [0.1, 0.15) is 0 Å². The predicted octanol–water partition coefficient (Wildman–Crippen LogP) is 3.71. The number of nitrogens with two attached hydrogens (primary N) is 1. The Morgan fingerprint density at radius 2 is 1.40 bits per heavy atom.